The van der Waals surface area contributed by atoms with Crippen molar-refractivity contribution < 1.29 is 14.1 Å². The Morgan fingerprint density at radius 3 is 3.00 bits per heavy atom. The van der Waals surface area contributed by atoms with Crippen molar-refractivity contribution in [2.45, 2.75) is 58.5 Å². The number of rotatable bonds is 5. The third-order valence-electron chi connectivity index (χ3n) is 3.65. The number of hydrogen-bond donors (Lipinski definition) is 0. The van der Waals surface area contributed by atoms with Gasteiger partial charge in [-0.25, -0.2) is 0 Å². The second-order valence-corrected chi connectivity index (χ2v) is 5.52. The van der Waals surface area contributed by atoms with Crippen molar-refractivity contribution in [1.29, 1.82) is 0 Å². The van der Waals surface area contributed by atoms with Crippen molar-refractivity contribution in [2.75, 3.05) is 6.61 Å². The lowest BCUT2D eigenvalue weighted by atomic mass is 9.78. The van der Waals surface area contributed by atoms with Crippen molar-refractivity contribution in [3.05, 3.63) is 11.7 Å². The molecule has 2 unspecified atom stereocenters. The molecule has 5 heteroatoms. The molecule has 0 radical (unpaired) electrons. The second-order valence-electron chi connectivity index (χ2n) is 5.52. The number of carbonyl (C=O) groups is 1. The van der Waals surface area contributed by atoms with Crippen LogP contribution in [0.2, 0.25) is 0 Å². The molecule has 1 aliphatic rings. The van der Waals surface area contributed by atoms with E-state index in [2.05, 4.69) is 17.1 Å². The van der Waals surface area contributed by atoms with Gasteiger partial charge in [-0.3, -0.25) is 4.79 Å². The van der Waals surface area contributed by atoms with E-state index in [1.807, 2.05) is 6.92 Å². The first-order chi connectivity index (χ1) is 9.05. The van der Waals surface area contributed by atoms with Gasteiger partial charge in [0.15, 0.2) is 0 Å². The predicted octanol–water partition coefficient (Wildman–Crippen LogP) is 2.64. The minimum Gasteiger partial charge on any atom is -0.367 e. The number of nitrogens with zero attached hydrogens (tertiary/aromatic N) is 2. The van der Waals surface area contributed by atoms with Crippen LogP contribution in [0.25, 0.3) is 0 Å². The third kappa shape index (κ3) is 3.21. The summed E-state index contributed by atoms with van der Waals surface area (Å²) in [5.41, 5.74) is -0.426. The highest BCUT2D eigenvalue weighted by atomic mass is 16.5. The predicted molar refractivity (Wildman–Crippen MR) is 69.6 cm³/mol. The second kappa shape index (κ2) is 5.82. The number of aromatic nitrogens is 2. The van der Waals surface area contributed by atoms with Gasteiger partial charge in [-0.15, -0.1) is 0 Å². The Balaban J connectivity index is 2.23. The maximum atomic E-state index is 11.1. The summed E-state index contributed by atoms with van der Waals surface area (Å²) in [6, 6.07) is 0. The number of Topliss-reactive ketones (excluding diaryl/α,β-unsaturated/α-hetero) is 1. The molecule has 0 aromatic carbocycles. The van der Waals surface area contributed by atoms with Crippen LogP contribution in [-0.2, 0) is 21.6 Å². The van der Waals surface area contributed by atoms with Gasteiger partial charge in [0.2, 0.25) is 11.7 Å². The maximum Gasteiger partial charge on any atom is 0.234 e. The van der Waals surface area contributed by atoms with Gasteiger partial charge < -0.3 is 9.26 Å². The van der Waals surface area contributed by atoms with E-state index in [0.29, 0.717) is 24.2 Å². The standard InChI is InChI=1S/C14H22N2O3/c1-4-18-14(7-5-6-10(2)9-14)13-15-12(19-16-13)8-11(3)17/h10H,4-9H2,1-3H3. The van der Waals surface area contributed by atoms with Gasteiger partial charge >= 0.3 is 0 Å². The molecule has 19 heavy (non-hydrogen) atoms. The molecule has 1 saturated carbocycles. The fourth-order valence-electron chi connectivity index (χ4n) is 2.90. The van der Waals surface area contributed by atoms with Crippen LogP contribution >= 0.6 is 0 Å². The van der Waals surface area contributed by atoms with Crippen LogP contribution in [0.1, 0.15) is 58.2 Å². The van der Waals surface area contributed by atoms with Gasteiger partial charge in [0, 0.05) is 6.61 Å². The molecule has 0 amide bonds. The van der Waals surface area contributed by atoms with Crippen molar-refractivity contribution in [2.24, 2.45) is 5.92 Å². The summed E-state index contributed by atoms with van der Waals surface area (Å²) in [5, 5.41) is 4.05. The third-order valence-corrected chi connectivity index (χ3v) is 3.65. The molecule has 0 spiro atoms. The zero-order valence-corrected chi connectivity index (χ0v) is 11.9. The summed E-state index contributed by atoms with van der Waals surface area (Å²) in [5.74, 6) is 1.62. The van der Waals surface area contributed by atoms with Gasteiger partial charge in [-0.2, -0.15) is 4.98 Å². The van der Waals surface area contributed by atoms with E-state index in [9.17, 15) is 4.79 Å². The van der Waals surface area contributed by atoms with Crippen LogP contribution in [0.15, 0.2) is 4.52 Å². The fourth-order valence-corrected chi connectivity index (χ4v) is 2.90. The van der Waals surface area contributed by atoms with E-state index in [4.69, 9.17) is 9.26 Å². The molecule has 1 aromatic heterocycles. The van der Waals surface area contributed by atoms with Crippen molar-refractivity contribution >= 4 is 5.78 Å². The number of ether oxygens (including phenoxy) is 1. The van der Waals surface area contributed by atoms with E-state index >= 15 is 0 Å². The quantitative estimate of drug-likeness (QED) is 0.819. The molecule has 0 aliphatic heterocycles. The lowest BCUT2D eigenvalue weighted by Gasteiger charge is -2.37. The summed E-state index contributed by atoms with van der Waals surface area (Å²) < 4.78 is 11.1. The Bertz CT molecular complexity index is 440. The van der Waals surface area contributed by atoms with E-state index in [0.717, 1.165) is 19.3 Å². The Labute approximate surface area is 113 Å². The maximum absolute atomic E-state index is 11.1. The number of carbonyl (C=O) groups excluding carboxylic acids is 1. The minimum atomic E-state index is -0.426. The van der Waals surface area contributed by atoms with Crippen molar-refractivity contribution in [3.63, 3.8) is 0 Å². The van der Waals surface area contributed by atoms with Gasteiger partial charge in [-0.05, 0) is 39.0 Å². The molecule has 106 valence electrons. The number of ketones is 1. The van der Waals surface area contributed by atoms with E-state index in [-0.39, 0.29) is 12.2 Å². The fraction of sp³-hybridized carbons (Fsp3) is 0.786. The molecule has 0 saturated heterocycles. The van der Waals surface area contributed by atoms with Crippen LogP contribution < -0.4 is 0 Å². The van der Waals surface area contributed by atoms with Gasteiger partial charge in [0.1, 0.15) is 11.4 Å². The minimum absolute atomic E-state index is 0.0256. The van der Waals surface area contributed by atoms with Crippen LogP contribution in [0.3, 0.4) is 0 Å². The molecule has 2 atom stereocenters. The zero-order valence-electron chi connectivity index (χ0n) is 11.9. The van der Waals surface area contributed by atoms with Gasteiger partial charge in [0.25, 0.3) is 0 Å². The molecule has 2 rings (SSSR count). The van der Waals surface area contributed by atoms with Crippen LogP contribution in [0.5, 0.6) is 0 Å². The summed E-state index contributed by atoms with van der Waals surface area (Å²) in [7, 11) is 0. The summed E-state index contributed by atoms with van der Waals surface area (Å²) >= 11 is 0. The molecule has 1 heterocycles. The highest BCUT2D eigenvalue weighted by molar-refractivity contribution is 5.77. The van der Waals surface area contributed by atoms with Crippen molar-refractivity contribution in [3.8, 4) is 0 Å². The molecule has 1 fully saturated rings. The Morgan fingerprint density at radius 1 is 1.58 bits per heavy atom. The average molecular weight is 266 g/mol. The van der Waals surface area contributed by atoms with E-state index in [1.165, 1.54) is 13.3 Å². The first-order valence-electron chi connectivity index (χ1n) is 7.02. The molecular formula is C14H22N2O3. The topological polar surface area (TPSA) is 65.2 Å². The average Bonchev–Trinajstić information content (AvgIpc) is 2.77. The molecule has 1 aliphatic carbocycles. The monoisotopic (exact) mass is 266 g/mol. The SMILES string of the molecule is CCOC1(c2noc(CC(C)=O)n2)CCCC(C)C1. The first-order valence-corrected chi connectivity index (χ1v) is 7.02. The molecule has 5 nitrogen and oxygen atoms in total. The lowest BCUT2D eigenvalue weighted by molar-refractivity contribution is -0.116. The van der Waals surface area contributed by atoms with Gasteiger partial charge in [-0.1, -0.05) is 18.5 Å². The highest BCUT2D eigenvalue weighted by Gasteiger charge is 2.41. The van der Waals surface area contributed by atoms with Gasteiger partial charge in [0.05, 0.1) is 6.42 Å². The lowest BCUT2D eigenvalue weighted by Crippen LogP contribution is -2.36. The van der Waals surface area contributed by atoms with E-state index in [1.54, 1.807) is 0 Å². The largest absolute Gasteiger partial charge is 0.367 e. The highest BCUT2D eigenvalue weighted by Crippen LogP contribution is 2.41. The molecule has 0 N–H and O–H groups in total. The Kier molecular flexibility index (Phi) is 4.34. The Morgan fingerprint density at radius 2 is 2.37 bits per heavy atom. The summed E-state index contributed by atoms with van der Waals surface area (Å²) in [6.45, 7) is 6.36. The van der Waals surface area contributed by atoms with Crippen LogP contribution in [-0.4, -0.2) is 22.5 Å². The van der Waals surface area contributed by atoms with Crippen LogP contribution in [0.4, 0.5) is 0 Å². The summed E-state index contributed by atoms with van der Waals surface area (Å²) in [6.07, 6.45) is 4.36. The zero-order chi connectivity index (χ0) is 13.9. The molecule has 0 bridgehead atoms. The number of hydrogen-bond acceptors (Lipinski definition) is 5. The Hall–Kier alpha value is -1.23. The normalized spacial score (nSPS) is 27.4. The van der Waals surface area contributed by atoms with Crippen molar-refractivity contribution in [1.82, 2.24) is 10.1 Å². The smallest absolute Gasteiger partial charge is 0.234 e. The van der Waals surface area contributed by atoms with E-state index < -0.39 is 5.60 Å². The first kappa shape index (κ1) is 14.2. The summed E-state index contributed by atoms with van der Waals surface area (Å²) in [4.78, 5) is 15.5. The molecule has 1 aromatic rings. The van der Waals surface area contributed by atoms with Crippen LogP contribution in [0, 0.1) is 5.92 Å². The molecular weight excluding hydrogens is 244 g/mol.